The van der Waals surface area contributed by atoms with Crippen LogP contribution in [0.1, 0.15) is 19.4 Å². The molecule has 0 spiro atoms. The molecule has 2 nitrogen and oxygen atoms in total. The molecular weight excluding hydrogens is 232 g/mol. The van der Waals surface area contributed by atoms with Gasteiger partial charge in [0.1, 0.15) is 5.75 Å². The maximum Gasteiger partial charge on any atom is 0.308 e. The van der Waals surface area contributed by atoms with Gasteiger partial charge in [-0.05, 0) is 34.0 Å². The average Bonchev–Trinajstić information content (AvgIpc) is 2.08. The number of halogens is 1. The van der Waals surface area contributed by atoms with Crippen molar-refractivity contribution in [3.8, 4) is 5.75 Å². The van der Waals surface area contributed by atoms with Crippen LogP contribution in [0.15, 0.2) is 22.7 Å². The highest BCUT2D eigenvalue weighted by Crippen LogP contribution is 2.28. The summed E-state index contributed by atoms with van der Waals surface area (Å²) in [7, 11) is 0. The molecule has 0 radical (unpaired) electrons. The fourth-order valence-corrected chi connectivity index (χ4v) is 1.69. The van der Waals surface area contributed by atoms with Gasteiger partial charge in [-0.25, -0.2) is 0 Å². The van der Waals surface area contributed by atoms with Crippen LogP contribution in [0.2, 0.25) is 0 Å². The van der Waals surface area contributed by atoms with Crippen LogP contribution in [-0.2, 0) is 11.2 Å². The second kappa shape index (κ2) is 4.42. The highest BCUT2D eigenvalue weighted by molar-refractivity contribution is 9.10. The number of hydrogen-bond donors (Lipinski definition) is 0. The standard InChI is InChI=1S/C10H11BrO2/c1-3-8-5-4-6-9(10(8)11)13-7(2)12/h4-6H,3H2,1-2H3. The summed E-state index contributed by atoms with van der Waals surface area (Å²) in [6, 6.07) is 5.64. The number of benzene rings is 1. The van der Waals surface area contributed by atoms with Crippen molar-refractivity contribution in [2.24, 2.45) is 0 Å². The van der Waals surface area contributed by atoms with Crippen LogP contribution in [-0.4, -0.2) is 5.97 Å². The number of carbonyl (C=O) groups excluding carboxylic acids is 1. The average molecular weight is 243 g/mol. The quantitative estimate of drug-likeness (QED) is 0.589. The highest BCUT2D eigenvalue weighted by atomic mass is 79.9. The Kier molecular flexibility index (Phi) is 3.48. The maximum atomic E-state index is 10.7. The van der Waals surface area contributed by atoms with E-state index in [0.29, 0.717) is 5.75 Å². The van der Waals surface area contributed by atoms with E-state index in [-0.39, 0.29) is 5.97 Å². The molecule has 0 unspecified atom stereocenters. The van der Waals surface area contributed by atoms with E-state index in [2.05, 4.69) is 22.9 Å². The molecule has 0 saturated carbocycles. The lowest BCUT2D eigenvalue weighted by Crippen LogP contribution is -2.02. The van der Waals surface area contributed by atoms with Crippen LogP contribution in [0.3, 0.4) is 0 Å². The molecule has 0 heterocycles. The number of rotatable bonds is 2. The van der Waals surface area contributed by atoms with Crippen molar-refractivity contribution in [3.63, 3.8) is 0 Å². The predicted octanol–water partition coefficient (Wildman–Crippen LogP) is 2.94. The van der Waals surface area contributed by atoms with Crippen molar-refractivity contribution in [2.75, 3.05) is 0 Å². The Labute approximate surface area is 86.0 Å². The van der Waals surface area contributed by atoms with E-state index in [9.17, 15) is 4.79 Å². The van der Waals surface area contributed by atoms with E-state index in [1.807, 2.05) is 12.1 Å². The van der Waals surface area contributed by atoms with E-state index in [1.54, 1.807) is 6.07 Å². The van der Waals surface area contributed by atoms with E-state index >= 15 is 0 Å². The summed E-state index contributed by atoms with van der Waals surface area (Å²) < 4.78 is 5.87. The van der Waals surface area contributed by atoms with E-state index in [1.165, 1.54) is 6.92 Å². The molecule has 0 bridgehead atoms. The Morgan fingerprint density at radius 1 is 1.54 bits per heavy atom. The molecule has 1 rings (SSSR count). The minimum atomic E-state index is -0.297. The summed E-state index contributed by atoms with van der Waals surface area (Å²) >= 11 is 3.39. The van der Waals surface area contributed by atoms with Crippen molar-refractivity contribution >= 4 is 21.9 Å². The third kappa shape index (κ3) is 2.56. The second-order valence-corrected chi connectivity index (χ2v) is 3.47. The van der Waals surface area contributed by atoms with Crippen LogP contribution in [0, 0.1) is 0 Å². The first-order valence-corrected chi connectivity index (χ1v) is 4.90. The molecule has 0 aliphatic rings. The number of hydrogen-bond acceptors (Lipinski definition) is 2. The molecular formula is C10H11BrO2. The Morgan fingerprint density at radius 2 is 2.23 bits per heavy atom. The van der Waals surface area contributed by atoms with Gasteiger partial charge in [0.25, 0.3) is 0 Å². The summed E-state index contributed by atoms with van der Waals surface area (Å²) in [5, 5.41) is 0. The van der Waals surface area contributed by atoms with E-state index in [4.69, 9.17) is 4.74 Å². The molecule has 0 amide bonds. The monoisotopic (exact) mass is 242 g/mol. The van der Waals surface area contributed by atoms with Gasteiger partial charge in [-0.15, -0.1) is 0 Å². The highest BCUT2D eigenvalue weighted by Gasteiger charge is 2.06. The van der Waals surface area contributed by atoms with Crippen molar-refractivity contribution in [1.82, 2.24) is 0 Å². The molecule has 3 heteroatoms. The first-order chi connectivity index (χ1) is 6.15. The SMILES string of the molecule is CCc1cccc(OC(C)=O)c1Br. The summed E-state index contributed by atoms with van der Waals surface area (Å²) in [5.41, 5.74) is 1.14. The smallest absolute Gasteiger partial charge is 0.308 e. The van der Waals surface area contributed by atoms with Crippen molar-refractivity contribution < 1.29 is 9.53 Å². The molecule has 0 aliphatic carbocycles. The Hall–Kier alpha value is -0.830. The van der Waals surface area contributed by atoms with Crippen LogP contribution >= 0.6 is 15.9 Å². The molecule has 0 aliphatic heterocycles. The van der Waals surface area contributed by atoms with Gasteiger partial charge < -0.3 is 4.74 Å². The lowest BCUT2D eigenvalue weighted by atomic mass is 10.2. The molecule has 1 aromatic carbocycles. The lowest BCUT2D eigenvalue weighted by molar-refractivity contribution is -0.131. The zero-order valence-corrected chi connectivity index (χ0v) is 9.22. The van der Waals surface area contributed by atoms with E-state index in [0.717, 1.165) is 16.5 Å². The predicted molar refractivity (Wildman–Crippen MR) is 54.8 cm³/mol. The van der Waals surface area contributed by atoms with Gasteiger partial charge >= 0.3 is 5.97 Å². The molecule has 0 atom stereocenters. The number of aryl methyl sites for hydroxylation is 1. The molecule has 0 saturated heterocycles. The fraction of sp³-hybridized carbons (Fsp3) is 0.300. The first kappa shape index (κ1) is 10.3. The van der Waals surface area contributed by atoms with Crippen LogP contribution in [0.4, 0.5) is 0 Å². The fourth-order valence-electron chi connectivity index (χ4n) is 1.06. The molecule has 13 heavy (non-hydrogen) atoms. The molecule has 1 aromatic rings. The van der Waals surface area contributed by atoms with Crippen LogP contribution in [0.25, 0.3) is 0 Å². The Bertz CT molecular complexity index is 321. The van der Waals surface area contributed by atoms with E-state index < -0.39 is 0 Å². The molecule has 70 valence electrons. The van der Waals surface area contributed by atoms with Gasteiger partial charge in [-0.1, -0.05) is 19.1 Å². The van der Waals surface area contributed by atoms with Crippen LogP contribution in [0.5, 0.6) is 5.75 Å². The summed E-state index contributed by atoms with van der Waals surface area (Å²) in [6.45, 7) is 3.45. The van der Waals surface area contributed by atoms with Gasteiger partial charge in [0.05, 0.1) is 4.47 Å². The number of carbonyl (C=O) groups is 1. The number of esters is 1. The Morgan fingerprint density at radius 3 is 2.77 bits per heavy atom. The molecule has 0 fully saturated rings. The van der Waals surface area contributed by atoms with Crippen molar-refractivity contribution in [3.05, 3.63) is 28.2 Å². The maximum absolute atomic E-state index is 10.7. The minimum absolute atomic E-state index is 0.297. The summed E-state index contributed by atoms with van der Waals surface area (Å²) in [5.74, 6) is 0.292. The first-order valence-electron chi connectivity index (χ1n) is 4.11. The van der Waals surface area contributed by atoms with Gasteiger partial charge in [0, 0.05) is 6.92 Å². The van der Waals surface area contributed by atoms with Gasteiger partial charge in [-0.3, -0.25) is 4.79 Å². The molecule has 0 aromatic heterocycles. The normalized spacial score (nSPS) is 9.77. The largest absolute Gasteiger partial charge is 0.426 e. The molecule has 0 N–H and O–H groups in total. The zero-order chi connectivity index (χ0) is 9.84. The topological polar surface area (TPSA) is 26.3 Å². The van der Waals surface area contributed by atoms with Gasteiger partial charge in [-0.2, -0.15) is 0 Å². The number of ether oxygens (including phenoxy) is 1. The zero-order valence-electron chi connectivity index (χ0n) is 7.63. The lowest BCUT2D eigenvalue weighted by Gasteiger charge is -2.06. The summed E-state index contributed by atoms with van der Waals surface area (Å²) in [4.78, 5) is 10.7. The third-order valence-corrected chi connectivity index (χ3v) is 2.58. The van der Waals surface area contributed by atoms with Crippen LogP contribution < -0.4 is 4.74 Å². The second-order valence-electron chi connectivity index (χ2n) is 2.68. The van der Waals surface area contributed by atoms with Gasteiger partial charge in [0.15, 0.2) is 0 Å². The third-order valence-electron chi connectivity index (χ3n) is 1.68. The van der Waals surface area contributed by atoms with Crippen molar-refractivity contribution in [1.29, 1.82) is 0 Å². The van der Waals surface area contributed by atoms with Gasteiger partial charge in [0.2, 0.25) is 0 Å². The van der Waals surface area contributed by atoms with Crippen molar-refractivity contribution in [2.45, 2.75) is 20.3 Å². The summed E-state index contributed by atoms with van der Waals surface area (Å²) in [6.07, 6.45) is 0.912. The Balaban J connectivity index is 3.01. The minimum Gasteiger partial charge on any atom is -0.426 e.